The molecule has 0 spiro atoms. The molecule has 0 saturated carbocycles. The molecule has 2 aromatic carbocycles. The molecule has 0 radical (unpaired) electrons. The van der Waals surface area contributed by atoms with Crippen LogP contribution in [0.1, 0.15) is 24.5 Å². The van der Waals surface area contributed by atoms with Crippen LogP contribution < -0.4 is 10.0 Å². The van der Waals surface area contributed by atoms with Crippen molar-refractivity contribution in [3.8, 4) is 11.1 Å². The Morgan fingerprint density at radius 3 is 2.88 bits per heavy atom. The van der Waals surface area contributed by atoms with Gasteiger partial charge in [-0.05, 0) is 41.6 Å². The fourth-order valence-corrected chi connectivity index (χ4v) is 4.45. The minimum absolute atomic E-state index is 0.0732. The zero-order valence-corrected chi connectivity index (χ0v) is 16.0. The minimum Gasteiger partial charge on any atom is -0.312 e. The van der Waals surface area contributed by atoms with Crippen LogP contribution in [-0.4, -0.2) is 28.6 Å². The highest BCUT2D eigenvalue weighted by atomic mass is 32.2. The highest BCUT2D eigenvalue weighted by molar-refractivity contribution is 7.90. The Morgan fingerprint density at radius 2 is 2.12 bits per heavy atom. The molecule has 5 heteroatoms. The quantitative estimate of drug-likeness (QED) is 0.694. The molecule has 4 nitrogen and oxygen atoms in total. The zero-order chi connectivity index (χ0) is 18.6. The standard InChI is InChI=1S/C21H27N3OS/c1-3-17-9-5-6-11-19(17)18-10-7-8-16(14-18)15-21-20(12-13-23-21)24-26(22,25)4-2/h3,5-11,14,20-21,23H,1,4,12-13,15H2,2H3,(H2,22,24,25). The van der Waals surface area contributed by atoms with Crippen LogP contribution in [0.2, 0.25) is 0 Å². The Labute approximate surface area is 156 Å². The van der Waals surface area contributed by atoms with Gasteiger partial charge in [-0.1, -0.05) is 68.1 Å². The average molecular weight is 370 g/mol. The Balaban J connectivity index is 1.79. The van der Waals surface area contributed by atoms with Gasteiger partial charge in [0.15, 0.2) is 0 Å². The van der Waals surface area contributed by atoms with Crippen LogP contribution in [-0.2, 0) is 16.3 Å². The van der Waals surface area contributed by atoms with E-state index in [1.165, 1.54) is 16.7 Å². The SMILES string of the molecule is C=Cc1ccccc1-c1cccc(CC2NCCC2NS(=N)(=O)CC)c1. The molecule has 1 aliphatic heterocycles. The van der Waals surface area contributed by atoms with Crippen molar-refractivity contribution in [1.29, 1.82) is 4.78 Å². The van der Waals surface area contributed by atoms with Crippen LogP contribution in [0.4, 0.5) is 0 Å². The maximum atomic E-state index is 12.1. The van der Waals surface area contributed by atoms with E-state index in [0.29, 0.717) is 5.75 Å². The summed E-state index contributed by atoms with van der Waals surface area (Å²) < 4.78 is 23.1. The van der Waals surface area contributed by atoms with Crippen molar-refractivity contribution in [3.63, 3.8) is 0 Å². The first-order valence-corrected chi connectivity index (χ1v) is 10.8. The van der Waals surface area contributed by atoms with Gasteiger partial charge in [0, 0.05) is 17.8 Å². The van der Waals surface area contributed by atoms with Crippen molar-refractivity contribution >= 4 is 16.0 Å². The summed E-state index contributed by atoms with van der Waals surface area (Å²) in [5.74, 6) is 0.337. The molecule has 3 N–H and O–H groups in total. The van der Waals surface area contributed by atoms with Crippen molar-refractivity contribution in [2.24, 2.45) is 0 Å². The Bertz CT molecular complexity index is 876. The Hall–Kier alpha value is -1.95. The van der Waals surface area contributed by atoms with Gasteiger partial charge in [-0.2, -0.15) is 0 Å². The maximum absolute atomic E-state index is 12.1. The summed E-state index contributed by atoms with van der Waals surface area (Å²) in [6.45, 7) is 6.59. The average Bonchev–Trinajstić information content (AvgIpc) is 3.08. The van der Waals surface area contributed by atoms with Gasteiger partial charge in [-0.25, -0.2) is 13.7 Å². The van der Waals surface area contributed by atoms with Crippen LogP contribution in [0.25, 0.3) is 17.2 Å². The number of hydrogen-bond donors (Lipinski definition) is 3. The molecule has 26 heavy (non-hydrogen) atoms. The molecule has 138 valence electrons. The lowest BCUT2D eigenvalue weighted by Crippen LogP contribution is -2.44. The smallest absolute Gasteiger partial charge is 0.105 e. The first-order chi connectivity index (χ1) is 12.5. The van der Waals surface area contributed by atoms with E-state index in [4.69, 9.17) is 4.78 Å². The van der Waals surface area contributed by atoms with Gasteiger partial charge in [0.2, 0.25) is 0 Å². The van der Waals surface area contributed by atoms with Crippen LogP contribution in [0.3, 0.4) is 0 Å². The predicted octanol–water partition coefficient (Wildman–Crippen LogP) is 3.84. The van der Waals surface area contributed by atoms with Crippen LogP contribution in [0, 0.1) is 4.78 Å². The molecule has 3 rings (SSSR count). The molecule has 0 amide bonds. The summed E-state index contributed by atoms with van der Waals surface area (Å²) in [5.41, 5.74) is 4.72. The van der Waals surface area contributed by atoms with Crippen LogP contribution in [0.5, 0.6) is 0 Å². The van der Waals surface area contributed by atoms with E-state index >= 15 is 0 Å². The van der Waals surface area contributed by atoms with Crippen molar-refractivity contribution in [2.45, 2.75) is 31.8 Å². The van der Waals surface area contributed by atoms with E-state index in [1.807, 2.05) is 18.2 Å². The molecule has 1 heterocycles. The fourth-order valence-electron chi connectivity index (χ4n) is 3.51. The zero-order valence-electron chi connectivity index (χ0n) is 15.2. The number of benzene rings is 2. The van der Waals surface area contributed by atoms with Gasteiger partial charge in [0.1, 0.15) is 9.92 Å². The lowest BCUT2D eigenvalue weighted by atomic mass is 9.95. The fraction of sp³-hybridized carbons (Fsp3) is 0.333. The molecule has 2 aromatic rings. The lowest BCUT2D eigenvalue weighted by molar-refractivity contribution is 0.507. The maximum Gasteiger partial charge on any atom is 0.105 e. The molecule has 1 saturated heterocycles. The molecule has 0 aromatic heterocycles. The number of nitrogens with one attached hydrogen (secondary N) is 3. The van der Waals surface area contributed by atoms with Gasteiger partial charge >= 0.3 is 0 Å². The molecular formula is C21H27N3OS. The normalized spacial score (nSPS) is 22.0. The number of rotatable bonds is 7. The van der Waals surface area contributed by atoms with E-state index in [-0.39, 0.29) is 12.1 Å². The molecule has 1 fully saturated rings. The van der Waals surface area contributed by atoms with E-state index in [1.54, 1.807) is 6.92 Å². The summed E-state index contributed by atoms with van der Waals surface area (Å²) in [6, 6.07) is 17.1. The first kappa shape index (κ1) is 18.8. The molecular weight excluding hydrogens is 342 g/mol. The molecule has 0 bridgehead atoms. The van der Waals surface area contributed by atoms with Crippen LogP contribution >= 0.6 is 0 Å². The molecule has 1 aliphatic rings. The van der Waals surface area contributed by atoms with E-state index in [9.17, 15) is 4.21 Å². The molecule has 3 atom stereocenters. The number of hydrogen-bond acceptors (Lipinski definition) is 3. The van der Waals surface area contributed by atoms with E-state index in [2.05, 4.69) is 53.0 Å². The van der Waals surface area contributed by atoms with E-state index < -0.39 is 9.92 Å². The van der Waals surface area contributed by atoms with Gasteiger partial charge in [-0.15, -0.1) is 0 Å². The van der Waals surface area contributed by atoms with E-state index in [0.717, 1.165) is 24.9 Å². The van der Waals surface area contributed by atoms with Gasteiger partial charge in [0.05, 0.1) is 0 Å². The molecule has 0 aliphatic carbocycles. The minimum atomic E-state index is -2.69. The second kappa shape index (κ2) is 8.16. The van der Waals surface area contributed by atoms with Gasteiger partial charge in [-0.3, -0.25) is 0 Å². The summed E-state index contributed by atoms with van der Waals surface area (Å²) in [7, 11) is -2.69. The second-order valence-corrected chi connectivity index (χ2v) is 8.90. The van der Waals surface area contributed by atoms with Crippen molar-refractivity contribution in [2.75, 3.05) is 12.3 Å². The Morgan fingerprint density at radius 1 is 1.31 bits per heavy atom. The second-order valence-electron chi connectivity index (χ2n) is 6.73. The predicted molar refractivity (Wildman–Crippen MR) is 110 cm³/mol. The van der Waals surface area contributed by atoms with Crippen molar-refractivity contribution in [3.05, 3.63) is 66.2 Å². The third-order valence-corrected chi connectivity index (χ3v) is 6.47. The van der Waals surface area contributed by atoms with Crippen LogP contribution in [0.15, 0.2) is 55.1 Å². The summed E-state index contributed by atoms with van der Waals surface area (Å²) in [6.07, 6.45) is 3.64. The highest BCUT2D eigenvalue weighted by Crippen LogP contribution is 2.26. The lowest BCUT2D eigenvalue weighted by Gasteiger charge is -2.22. The first-order valence-electron chi connectivity index (χ1n) is 9.10. The van der Waals surface area contributed by atoms with Gasteiger partial charge in [0.25, 0.3) is 0 Å². The third kappa shape index (κ3) is 4.41. The van der Waals surface area contributed by atoms with Crippen molar-refractivity contribution < 1.29 is 4.21 Å². The Kier molecular flexibility index (Phi) is 5.91. The summed E-state index contributed by atoms with van der Waals surface area (Å²) in [4.78, 5) is 0. The van der Waals surface area contributed by atoms with Crippen molar-refractivity contribution in [1.82, 2.24) is 10.0 Å². The highest BCUT2D eigenvalue weighted by Gasteiger charge is 2.28. The van der Waals surface area contributed by atoms with Gasteiger partial charge < -0.3 is 5.32 Å². The summed E-state index contributed by atoms with van der Waals surface area (Å²) in [5, 5.41) is 3.50. The largest absolute Gasteiger partial charge is 0.312 e. The topological polar surface area (TPSA) is 65.0 Å². The summed E-state index contributed by atoms with van der Waals surface area (Å²) >= 11 is 0. The molecule has 3 unspecified atom stereocenters. The third-order valence-electron chi connectivity index (χ3n) is 4.97. The monoisotopic (exact) mass is 369 g/mol.